The summed E-state index contributed by atoms with van der Waals surface area (Å²) in [6.45, 7) is 8.51. The van der Waals surface area contributed by atoms with Gasteiger partial charge in [-0.05, 0) is 43.4 Å². The van der Waals surface area contributed by atoms with Crippen molar-refractivity contribution in [1.29, 1.82) is 0 Å². The van der Waals surface area contributed by atoms with Crippen LogP contribution < -0.4 is 10.1 Å². The lowest BCUT2D eigenvalue weighted by Crippen LogP contribution is -2.50. The molecule has 0 aromatic heterocycles. The van der Waals surface area contributed by atoms with Crippen LogP contribution in [-0.2, 0) is 16.1 Å². The van der Waals surface area contributed by atoms with Crippen LogP contribution in [-0.4, -0.2) is 95.7 Å². The molecule has 3 fully saturated rings. The Balaban J connectivity index is 1.17. The van der Waals surface area contributed by atoms with Crippen molar-refractivity contribution in [1.82, 2.24) is 20.0 Å². The van der Waals surface area contributed by atoms with Gasteiger partial charge in [-0.15, -0.1) is 0 Å². The number of β-amino-alcohol motifs (C(OH)–C–C–N with tert-alkyl or cyclic N) is 1. The molecule has 8 heteroatoms. The summed E-state index contributed by atoms with van der Waals surface area (Å²) in [4.78, 5) is 29.4. The molecule has 0 radical (unpaired) electrons. The summed E-state index contributed by atoms with van der Waals surface area (Å²) in [7, 11) is 0. The number of nitrogens with zero attached hydrogens (tertiary/aromatic N) is 3. The maximum atomic E-state index is 11.7. The molecule has 1 aromatic rings. The van der Waals surface area contributed by atoms with Crippen molar-refractivity contribution in [2.24, 2.45) is 0 Å². The van der Waals surface area contributed by atoms with E-state index in [-0.39, 0.29) is 17.9 Å². The van der Waals surface area contributed by atoms with Crippen LogP contribution in [0, 0.1) is 0 Å². The molecule has 33 heavy (non-hydrogen) atoms. The fraction of sp³-hybridized carbons (Fsp3) is 0.680. The van der Waals surface area contributed by atoms with E-state index in [4.69, 9.17) is 4.74 Å². The minimum atomic E-state index is -0.670. The van der Waals surface area contributed by atoms with Crippen LogP contribution in [0.2, 0.25) is 0 Å². The van der Waals surface area contributed by atoms with Gasteiger partial charge in [0.25, 0.3) is 0 Å². The molecular weight excluding hydrogens is 420 g/mol. The number of hydrogen-bond donors (Lipinski definition) is 2. The smallest absolute Gasteiger partial charge is 0.222 e. The quantitative estimate of drug-likeness (QED) is 0.579. The van der Waals surface area contributed by atoms with Gasteiger partial charge in [0.05, 0.1) is 12.1 Å². The van der Waals surface area contributed by atoms with Crippen molar-refractivity contribution < 1.29 is 19.4 Å². The summed E-state index contributed by atoms with van der Waals surface area (Å²) in [6, 6.07) is 8.41. The van der Waals surface area contributed by atoms with Crippen molar-refractivity contribution in [3.05, 3.63) is 29.8 Å². The van der Waals surface area contributed by atoms with Crippen LogP contribution >= 0.6 is 0 Å². The second-order valence-corrected chi connectivity index (χ2v) is 9.91. The molecule has 4 rings (SSSR count). The molecule has 0 unspecified atom stereocenters. The molecule has 3 saturated heterocycles. The molecule has 2 amide bonds. The average molecular weight is 459 g/mol. The second-order valence-electron chi connectivity index (χ2n) is 9.91. The summed E-state index contributed by atoms with van der Waals surface area (Å²) < 4.78 is 5.81. The molecule has 0 aliphatic carbocycles. The minimum absolute atomic E-state index is 0.0386. The number of ether oxygens (including phenoxy) is 1. The topological polar surface area (TPSA) is 85.3 Å². The number of aliphatic hydroxyl groups is 1. The molecule has 0 bridgehead atoms. The number of carbonyl (C=O) groups excluding carboxylic acids is 2. The molecule has 3 heterocycles. The fourth-order valence-corrected chi connectivity index (χ4v) is 5.31. The highest BCUT2D eigenvalue weighted by Crippen LogP contribution is 2.26. The molecule has 0 saturated carbocycles. The normalized spacial score (nSPS) is 25.0. The van der Waals surface area contributed by atoms with Crippen LogP contribution in [0.25, 0.3) is 0 Å². The predicted molar refractivity (Wildman–Crippen MR) is 126 cm³/mol. The largest absolute Gasteiger partial charge is 0.492 e. The van der Waals surface area contributed by atoms with Gasteiger partial charge >= 0.3 is 0 Å². The van der Waals surface area contributed by atoms with Gasteiger partial charge in [0.15, 0.2) is 0 Å². The van der Waals surface area contributed by atoms with E-state index in [0.29, 0.717) is 32.7 Å². The van der Waals surface area contributed by atoms with Crippen molar-refractivity contribution in [3.8, 4) is 5.75 Å². The molecule has 1 atom stereocenters. The highest BCUT2D eigenvalue weighted by atomic mass is 16.5. The molecule has 3 aliphatic heterocycles. The lowest BCUT2D eigenvalue weighted by Gasteiger charge is -2.36. The van der Waals surface area contributed by atoms with E-state index in [9.17, 15) is 14.7 Å². The Labute approximate surface area is 196 Å². The average Bonchev–Trinajstić information content (AvgIpc) is 3.35. The Morgan fingerprint density at radius 2 is 1.91 bits per heavy atom. The van der Waals surface area contributed by atoms with Crippen LogP contribution in [0.15, 0.2) is 24.3 Å². The number of carbonyl (C=O) groups is 2. The maximum absolute atomic E-state index is 11.7. The number of piperidine rings is 1. The summed E-state index contributed by atoms with van der Waals surface area (Å²) >= 11 is 0. The number of hydrogen-bond acceptors (Lipinski definition) is 6. The Morgan fingerprint density at radius 1 is 1.15 bits per heavy atom. The van der Waals surface area contributed by atoms with Crippen LogP contribution in [0.1, 0.15) is 44.6 Å². The summed E-state index contributed by atoms with van der Waals surface area (Å²) in [5.41, 5.74) is 0.536. The first-order valence-corrected chi connectivity index (χ1v) is 12.3. The summed E-state index contributed by atoms with van der Waals surface area (Å²) in [6.07, 6.45) is 4.30. The van der Waals surface area contributed by atoms with Crippen molar-refractivity contribution in [2.45, 2.75) is 57.2 Å². The number of benzene rings is 1. The fourth-order valence-electron chi connectivity index (χ4n) is 5.31. The van der Waals surface area contributed by atoms with E-state index >= 15 is 0 Å². The minimum Gasteiger partial charge on any atom is -0.492 e. The van der Waals surface area contributed by atoms with Crippen molar-refractivity contribution in [3.63, 3.8) is 0 Å². The van der Waals surface area contributed by atoms with Gasteiger partial charge in [-0.2, -0.15) is 0 Å². The van der Waals surface area contributed by atoms with Gasteiger partial charge < -0.3 is 25.0 Å². The number of rotatable bonds is 9. The third-order valence-corrected chi connectivity index (χ3v) is 7.06. The van der Waals surface area contributed by atoms with Gasteiger partial charge in [-0.25, -0.2) is 0 Å². The maximum Gasteiger partial charge on any atom is 0.222 e. The summed E-state index contributed by atoms with van der Waals surface area (Å²) in [5, 5.41) is 14.2. The Morgan fingerprint density at radius 3 is 2.58 bits per heavy atom. The second kappa shape index (κ2) is 10.8. The highest BCUT2D eigenvalue weighted by molar-refractivity contribution is 5.78. The molecule has 0 spiro atoms. The van der Waals surface area contributed by atoms with E-state index in [2.05, 4.69) is 27.2 Å². The molecular formula is C25H38N4O4. The number of likely N-dealkylation sites (tertiary alicyclic amines) is 3. The molecule has 2 N–H and O–H groups in total. The predicted octanol–water partition coefficient (Wildman–Crippen LogP) is 1.23. The van der Waals surface area contributed by atoms with E-state index in [1.807, 2.05) is 17.0 Å². The van der Waals surface area contributed by atoms with Crippen molar-refractivity contribution >= 4 is 11.8 Å². The van der Waals surface area contributed by atoms with E-state index in [1.54, 1.807) is 6.92 Å². The Bertz CT molecular complexity index is 809. The highest BCUT2D eigenvalue weighted by Gasteiger charge is 2.38. The third kappa shape index (κ3) is 6.91. The number of nitrogens with one attached hydrogen (secondary N) is 1. The van der Waals surface area contributed by atoms with E-state index in [1.165, 1.54) is 5.56 Å². The third-order valence-electron chi connectivity index (χ3n) is 7.06. The van der Waals surface area contributed by atoms with Gasteiger partial charge in [0.1, 0.15) is 12.4 Å². The molecule has 8 nitrogen and oxygen atoms in total. The van der Waals surface area contributed by atoms with Crippen molar-refractivity contribution in [2.75, 3.05) is 52.4 Å². The molecule has 3 aliphatic rings. The van der Waals surface area contributed by atoms with Gasteiger partial charge in [-0.3, -0.25) is 14.5 Å². The molecule has 182 valence electrons. The van der Waals surface area contributed by atoms with Gasteiger partial charge in [-0.1, -0.05) is 12.1 Å². The summed E-state index contributed by atoms with van der Waals surface area (Å²) in [5.74, 6) is 1.09. The SMILES string of the molecule is CC(=O)NC1CCN(C[C@@]2(O)CCN(Cc3ccc(OCCN4CCCC4=O)cc3)C2)CC1. The molecule has 1 aromatic carbocycles. The monoisotopic (exact) mass is 458 g/mol. The first-order valence-electron chi connectivity index (χ1n) is 12.3. The Hall–Kier alpha value is -2.16. The zero-order chi connectivity index (χ0) is 23.3. The Kier molecular flexibility index (Phi) is 7.88. The van der Waals surface area contributed by atoms with Crippen LogP contribution in [0.3, 0.4) is 0 Å². The number of amides is 2. The lowest BCUT2D eigenvalue weighted by molar-refractivity contribution is -0.128. The van der Waals surface area contributed by atoms with Crippen LogP contribution in [0.5, 0.6) is 5.75 Å². The lowest BCUT2D eigenvalue weighted by atomic mass is 9.99. The van der Waals surface area contributed by atoms with Gasteiger partial charge in [0.2, 0.25) is 11.8 Å². The van der Waals surface area contributed by atoms with Gasteiger partial charge in [0, 0.05) is 65.2 Å². The van der Waals surface area contributed by atoms with E-state index < -0.39 is 5.60 Å². The zero-order valence-electron chi connectivity index (χ0n) is 19.8. The first-order chi connectivity index (χ1) is 15.9. The van der Waals surface area contributed by atoms with Crippen LogP contribution in [0.4, 0.5) is 0 Å². The van der Waals surface area contributed by atoms with E-state index in [0.717, 1.165) is 64.2 Å². The zero-order valence-corrected chi connectivity index (χ0v) is 19.8. The first kappa shape index (κ1) is 24.0. The standard InChI is InChI=1S/C25H38N4O4/c1-20(30)26-22-8-12-27(13-9-22)18-25(32)10-14-28(19-25)17-21-4-6-23(7-5-21)33-16-15-29-11-2-3-24(29)31/h4-7,22,32H,2-3,8-19H2,1H3,(H,26,30)/t25-/m0/s1.